The summed E-state index contributed by atoms with van der Waals surface area (Å²) in [4.78, 5) is 15.3. The predicted octanol–water partition coefficient (Wildman–Crippen LogP) is 4.42. The van der Waals surface area contributed by atoms with Gasteiger partial charge in [0, 0.05) is 0 Å². The molecule has 1 aromatic heterocycles. The van der Waals surface area contributed by atoms with E-state index in [0.29, 0.717) is 10.6 Å². The van der Waals surface area contributed by atoms with Gasteiger partial charge in [0.15, 0.2) is 5.69 Å². The molecule has 2 rings (SSSR count). The van der Waals surface area contributed by atoms with Crippen LogP contribution in [0.2, 0.25) is 5.02 Å². The largest absolute Gasteiger partial charge is 0.460 e. The van der Waals surface area contributed by atoms with E-state index in [2.05, 4.69) is 9.72 Å². The molecule has 21 heavy (non-hydrogen) atoms. The third-order valence-electron chi connectivity index (χ3n) is 2.74. The smallest absolute Gasteiger partial charge is 0.376 e. The van der Waals surface area contributed by atoms with Crippen molar-refractivity contribution in [1.29, 1.82) is 0 Å². The first-order valence-corrected chi connectivity index (χ1v) is 6.55. The van der Waals surface area contributed by atoms with E-state index < -0.39 is 23.8 Å². The van der Waals surface area contributed by atoms with E-state index in [1.807, 2.05) is 0 Å². The van der Waals surface area contributed by atoms with E-state index >= 15 is 0 Å². The fourth-order valence-corrected chi connectivity index (χ4v) is 1.96. The highest BCUT2D eigenvalue weighted by Crippen LogP contribution is 2.33. The number of halogens is 3. The Morgan fingerprint density at radius 1 is 1.48 bits per heavy atom. The first-order chi connectivity index (χ1) is 9.95. The molecule has 0 aliphatic heterocycles. The number of carbonyl (C=O) groups is 1. The van der Waals surface area contributed by atoms with Crippen LogP contribution in [0.5, 0.6) is 0 Å². The number of alkyl halides is 2. The molecule has 0 aliphatic carbocycles. The van der Waals surface area contributed by atoms with Gasteiger partial charge in [0.1, 0.15) is 0 Å². The fourth-order valence-electron chi connectivity index (χ4n) is 1.75. The van der Waals surface area contributed by atoms with Crippen LogP contribution in [-0.4, -0.2) is 17.6 Å². The molecule has 0 fully saturated rings. The Morgan fingerprint density at radius 3 is 2.81 bits per heavy atom. The van der Waals surface area contributed by atoms with Crippen molar-refractivity contribution < 1.29 is 22.7 Å². The lowest BCUT2D eigenvalue weighted by Gasteiger charge is -2.02. The molecule has 4 nitrogen and oxygen atoms in total. The molecule has 0 aliphatic rings. The molecule has 0 atom stereocenters. The molecule has 1 heterocycles. The molecule has 0 saturated heterocycles. The zero-order chi connectivity index (χ0) is 15.6. The Labute approximate surface area is 124 Å². The number of hydrogen-bond donors (Lipinski definition) is 0. The lowest BCUT2D eigenvalue weighted by Crippen LogP contribution is -2.06. The summed E-state index contributed by atoms with van der Waals surface area (Å²) in [5.41, 5.74) is 0.332. The summed E-state index contributed by atoms with van der Waals surface area (Å²) in [5.74, 6) is -1.71. The molecule has 0 saturated carbocycles. The Morgan fingerprint density at radius 2 is 2.19 bits per heavy atom. The van der Waals surface area contributed by atoms with E-state index in [-0.39, 0.29) is 12.5 Å². The van der Waals surface area contributed by atoms with Gasteiger partial charge in [-0.3, -0.25) is 0 Å². The van der Waals surface area contributed by atoms with Gasteiger partial charge in [-0.05, 0) is 25.5 Å². The van der Waals surface area contributed by atoms with E-state index in [9.17, 15) is 13.6 Å². The molecule has 2 aromatic rings. The molecule has 0 amide bonds. The van der Waals surface area contributed by atoms with E-state index in [0.717, 1.165) is 5.56 Å². The zero-order valence-electron chi connectivity index (χ0n) is 11.3. The van der Waals surface area contributed by atoms with Crippen LogP contribution in [0.15, 0.2) is 22.6 Å². The van der Waals surface area contributed by atoms with Crippen molar-refractivity contribution in [1.82, 2.24) is 4.98 Å². The van der Waals surface area contributed by atoms with Crippen LogP contribution < -0.4 is 0 Å². The molecule has 0 bridgehead atoms. The number of oxazole rings is 1. The van der Waals surface area contributed by atoms with Crippen molar-refractivity contribution in [3.63, 3.8) is 0 Å². The minimum Gasteiger partial charge on any atom is -0.460 e. The highest BCUT2D eigenvalue weighted by atomic mass is 35.5. The summed E-state index contributed by atoms with van der Waals surface area (Å²) < 4.78 is 35.8. The first-order valence-electron chi connectivity index (χ1n) is 6.17. The Balaban J connectivity index is 2.54. The minimum atomic E-state index is -2.95. The molecule has 0 spiro atoms. The number of aryl methyl sites for hydroxylation is 1. The third kappa shape index (κ3) is 3.05. The second-order valence-electron chi connectivity index (χ2n) is 4.19. The van der Waals surface area contributed by atoms with Crippen LogP contribution in [0.25, 0.3) is 11.5 Å². The van der Waals surface area contributed by atoms with Crippen LogP contribution in [0.4, 0.5) is 8.78 Å². The summed E-state index contributed by atoms with van der Waals surface area (Å²) in [6, 6.07) is 5.02. The number of ether oxygens (including phenoxy) is 1. The van der Waals surface area contributed by atoms with Crippen LogP contribution in [0.3, 0.4) is 0 Å². The van der Waals surface area contributed by atoms with Gasteiger partial charge in [0.05, 0.1) is 17.2 Å². The van der Waals surface area contributed by atoms with Gasteiger partial charge in [0.2, 0.25) is 11.7 Å². The molecule has 0 unspecified atom stereocenters. The summed E-state index contributed by atoms with van der Waals surface area (Å²) in [5, 5.41) is 0.329. The lowest BCUT2D eigenvalue weighted by molar-refractivity contribution is 0.0476. The van der Waals surface area contributed by atoms with Gasteiger partial charge < -0.3 is 9.15 Å². The number of benzene rings is 1. The molecule has 1 aromatic carbocycles. The van der Waals surface area contributed by atoms with Crippen molar-refractivity contribution in [3.8, 4) is 11.5 Å². The molecular formula is C14H12ClF2NO3. The number of carbonyl (C=O) groups excluding carboxylic acids is 1. The second-order valence-corrected chi connectivity index (χ2v) is 4.57. The maximum Gasteiger partial charge on any atom is 0.376 e. The number of rotatable bonds is 4. The standard InChI is InChI=1S/C14H12ClF2NO3/c1-3-20-14(19)11-10(12(16)17)18-13(21-11)8-6-4-5-7(2)9(8)15/h4-6,12H,3H2,1-2H3. The van der Waals surface area contributed by atoms with Gasteiger partial charge in [-0.25, -0.2) is 18.6 Å². The van der Waals surface area contributed by atoms with Crippen molar-refractivity contribution >= 4 is 17.6 Å². The highest BCUT2D eigenvalue weighted by Gasteiger charge is 2.28. The lowest BCUT2D eigenvalue weighted by atomic mass is 10.1. The van der Waals surface area contributed by atoms with Crippen molar-refractivity contribution in [2.45, 2.75) is 20.3 Å². The van der Waals surface area contributed by atoms with Gasteiger partial charge >= 0.3 is 5.97 Å². The zero-order valence-corrected chi connectivity index (χ0v) is 12.1. The van der Waals surface area contributed by atoms with Crippen molar-refractivity contribution in [2.75, 3.05) is 6.61 Å². The summed E-state index contributed by atoms with van der Waals surface area (Å²) in [6.45, 7) is 3.37. The van der Waals surface area contributed by atoms with Gasteiger partial charge in [-0.1, -0.05) is 23.7 Å². The topological polar surface area (TPSA) is 52.3 Å². The highest BCUT2D eigenvalue weighted by molar-refractivity contribution is 6.33. The van der Waals surface area contributed by atoms with Crippen molar-refractivity contribution in [3.05, 3.63) is 40.2 Å². The Hall–Kier alpha value is -1.95. The molecule has 7 heteroatoms. The van der Waals surface area contributed by atoms with Crippen LogP contribution in [-0.2, 0) is 4.74 Å². The minimum absolute atomic E-state index is 0.0444. The number of aromatic nitrogens is 1. The average Bonchev–Trinajstić information content (AvgIpc) is 2.87. The van der Waals surface area contributed by atoms with Crippen LogP contribution >= 0.6 is 11.6 Å². The van der Waals surface area contributed by atoms with Gasteiger partial charge in [0.25, 0.3) is 6.43 Å². The van der Waals surface area contributed by atoms with E-state index in [1.54, 1.807) is 32.0 Å². The molecule has 0 radical (unpaired) electrons. The van der Waals surface area contributed by atoms with Crippen LogP contribution in [0.1, 0.15) is 35.2 Å². The fraction of sp³-hybridized carbons (Fsp3) is 0.286. The normalized spacial score (nSPS) is 11.0. The number of esters is 1. The molecular weight excluding hydrogens is 304 g/mol. The SMILES string of the molecule is CCOC(=O)c1oc(-c2cccc(C)c2Cl)nc1C(F)F. The maximum absolute atomic E-state index is 13.0. The third-order valence-corrected chi connectivity index (χ3v) is 3.24. The van der Waals surface area contributed by atoms with Crippen molar-refractivity contribution in [2.24, 2.45) is 0 Å². The van der Waals surface area contributed by atoms with E-state index in [1.165, 1.54) is 0 Å². The number of hydrogen-bond acceptors (Lipinski definition) is 4. The Kier molecular flexibility index (Phi) is 4.57. The van der Waals surface area contributed by atoms with E-state index in [4.69, 9.17) is 16.0 Å². The van der Waals surface area contributed by atoms with Gasteiger partial charge in [-0.2, -0.15) is 0 Å². The molecule has 0 N–H and O–H groups in total. The summed E-state index contributed by atoms with van der Waals surface area (Å²) in [7, 11) is 0. The molecule has 112 valence electrons. The summed E-state index contributed by atoms with van der Waals surface area (Å²) in [6.07, 6.45) is -2.95. The quantitative estimate of drug-likeness (QED) is 0.784. The predicted molar refractivity (Wildman–Crippen MR) is 72.6 cm³/mol. The maximum atomic E-state index is 13.0. The summed E-state index contributed by atoms with van der Waals surface area (Å²) >= 11 is 6.11. The monoisotopic (exact) mass is 315 g/mol. The van der Waals surface area contributed by atoms with Gasteiger partial charge in [-0.15, -0.1) is 0 Å². The van der Waals surface area contributed by atoms with Crippen LogP contribution in [0, 0.1) is 6.92 Å². The first kappa shape index (κ1) is 15.4. The average molecular weight is 316 g/mol. The number of nitrogens with zero attached hydrogens (tertiary/aromatic N) is 1. The Bertz CT molecular complexity index is 670. The second kappa shape index (κ2) is 6.22.